The number of hydrogen-bond acceptors (Lipinski definition) is 5. The molecule has 0 aliphatic rings. The molecule has 15 heavy (non-hydrogen) atoms. The zero-order valence-electron chi connectivity index (χ0n) is 8.14. The summed E-state index contributed by atoms with van der Waals surface area (Å²) in [6.07, 6.45) is 1.64. The van der Waals surface area contributed by atoms with Crippen molar-refractivity contribution in [1.29, 1.82) is 0 Å². The van der Waals surface area contributed by atoms with Crippen LogP contribution < -0.4 is 5.73 Å². The van der Waals surface area contributed by atoms with Crippen molar-refractivity contribution in [1.82, 2.24) is 19.5 Å². The minimum absolute atomic E-state index is 0.124. The maximum Gasteiger partial charge on any atom is 0.226 e. The lowest BCUT2D eigenvalue weighted by molar-refractivity contribution is 0.188. The second kappa shape index (κ2) is 4.00. The van der Waals surface area contributed by atoms with Crippen molar-refractivity contribution in [2.75, 3.05) is 19.5 Å². The second-order valence-electron chi connectivity index (χ2n) is 2.98. The molecule has 2 aromatic heterocycles. The topological polar surface area (TPSA) is 78.9 Å². The van der Waals surface area contributed by atoms with Crippen LogP contribution in [-0.4, -0.2) is 33.2 Å². The predicted molar refractivity (Wildman–Crippen MR) is 56.6 cm³/mol. The zero-order valence-corrected chi connectivity index (χ0v) is 8.90. The third kappa shape index (κ3) is 1.86. The molecule has 0 fully saturated rings. The Kier molecular flexibility index (Phi) is 2.70. The molecule has 0 bridgehead atoms. The summed E-state index contributed by atoms with van der Waals surface area (Å²) in [6.45, 7) is 1.23. The van der Waals surface area contributed by atoms with E-state index in [0.29, 0.717) is 30.1 Å². The Hall–Kier alpha value is -1.40. The van der Waals surface area contributed by atoms with Crippen molar-refractivity contribution in [3.63, 3.8) is 0 Å². The highest BCUT2D eigenvalue weighted by atomic mass is 35.5. The molecule has 0 aromatic carbocycles. The van der Waals surface area contributed by atoms with Crippen molar-refractivity contribution in [3.05, 3.63) is 11.6 Å². The number of halogens is 1. The van der Waals surface area contributed by atoms with Crippen LogP contribution in [0.5, 0.6) is 0 Å². The van der Waals surface area contributed by atoms with E-state index >= 15 is 0 Å². The minimum atomic E-state index is 0.124. The first-order chi connectivity index (χ1) is 7.22. The van der Waals surface area contributed by atoms with Crippen LogP contribution >= 0.6 is 11.6 Å². The molecule has 6 nitrogen and oxygen atoms in total. The summed E-state index contributed by atoms with van der Waals surface area (Å²) in [4.78, 5) is 12.0. The minimum Gasteiger partial charge on any atom is -0.383 e. The van der Waals surface area contributed by atoms with Crippen molar-refractivity contribution < 1.29 is 4.74 Å². The predicted octanol–water partition coefficient (Wildman–Crippen LogP) is 0.708. The maximum atomic E-state index is 5.71. The fraction of sp³-hybridized carbons (Fsp3) is 0.375. The van der Waals surface area contributed by atoms with Gasteiger partial charge < -0.3 is 15.0 Å². The summed E-state index contributed by atoms with van der Waals surface area (Å²) in [6, 6.07) is 0. The van der Waals surface area contributed by atoms with E-state index in [-0.39, 0.29) is 5.28 Å². The van der Waals surface area contributed by atoms with E-state index in [1.165, 1.54) is 0 Å². The Morgan fingerprint density at radius 1 is 1.53 bits per heavy atom. The van der Waals surface area contributed by atoms with Gasteiger partial charge in [-0.05, 0) is 11.6 Å². The summed E-state index contributed by atoms with van der Waals surface area (Å²) in [5, 5.41) is 0.124. The van der Waals surface area contributed by atoms with Gasteiger partial charge in [-0.15, -0.1) is 0 Å². The quantitative estimate of drug-likeness (QED) is 0.782. The van der Waals surface area contributed by atoms with Crippen LogP contribution in [0.15, 0.2) is 6.33 Å². The van der Waals surface area contributed by atoms with Gasteiger partial charge >= 0.3 is 0 Å². The summed E-state index contributed by atoms with van der Waals surface area (Å²) in [5.74, 6) is 0.293. The highest BCUT2D eigenvalue weighted by molar-refractivity contribution is 6.28. The summed E-state index contributed by atoms with van der Waals surface area (Å²) < 4.78 is 6.79. The number of imidazole rings is 1. The van der Waals surface area contributed by atoms with Crippen LogP contribution in [0.4, 0.5) is 5.82 Å². The Morgan fingerprint density at radius 3 is 3.07 bits per heavy atom. The largest absolute Gasteiger partial charge is 0.383 e. The number of aromatic nitrogens is 4. The number of fused-ring (bicyclic) bond motifs is 1. The van der Waals surface area contributed by atoms with E-state index in [9.17, 15) is 0 Å². The molecule has 0 saturated heterocycles. The van der Waals surface area contributed by atoms with Gasteiger partial charge in [0.1, 0.15) is 5.52 Å². The van der Waals surface area contributed by atoms with Gasteiger partial charge in [0.2, 0.25) is 5.28 Å². The Labute approximate surface area is 91.0 Å². The summed E-state index contributed by atoms with van der Waals surface area (Å²) >= 11 is 5.71. The van der Waals surface area contributed by atoms with Crippen LogP contribution in [0.2, 0.25) is 5.28 Å². The number of nitrogens with zero attached hydrogens (tertiary/aromatic N) is 4. The number of nitrogens with two attached hydrogens (primary N) is 1. The first-order valence-electron chi connectivity index (χ1n) is 4.35. The number of hydrogen-bond donors (Lipinski definition) is 1. The average Bonchev–Trinajstić information content (AvgIpc) is 2.58. The van der Waals surface area contributed by atoms with Crippen molar-refractivity contribution in [3.8, 4) is 0 Å². The number of ether oxygens (including phenoxy) is 1. The molecular weight excluding hydrogens is 218 g/mol. The van der Waals surface area contributed by atoms with Gasteiger partial charge in [-0.2, -0.15) is 9.97 Å². The number of anilines is 1. The molecule has 80 valence electrons. The molecule has 2 rings (SSSR count). The normalized spacial score (nSPS) is 11.1. The lowest BCUT2D eigenvalue weighted by Gasteiger charge is -2.02. The van der Waals surface area contributed by atoms with E-state index in [1.807, 2.05) is 4.57 Å². The van der Waals surface area contributed by atoms with Crippen molar-refractivity contribution >= 4 is 28.6 Å². The van der Waals surface area contributed by atoms with E-state index in [2.05, 4.69) is 15.0 Å². The van der Waals surface area contributed by atoms with Gasteiger partial charge in [-0.3, -0.25) is 0 Å². The van der Waals surface area contributed by atoms with Crippen LogP contribution in [-0.2, 0) is 11.3 Å². The van der Waals surface area contributed by atoms with Gasteiger partial charge in [0, 0.05) is 13.7 Å². The molecule has 0 saturated carbocycles. The molecule has 2 aromatic rings. The lowest BCUT2D eigenvalue weighted by atomic mass is 10.5. The smallest absolute Gasteiger partial charge is 0.226 e. The summed E-state index contributed by atoms with van der Waals surface area (Å²) in [5.41, 5.74) is 6.85. The van der Waals surface area contributed by atoms with Crippen LogP contribution in [0, 0.1) is 0 Å². The number of rotatable bonds is 3. The first kappa shape index (κ1) is 10.1. The zero-order chi connectivity index (χ0) is 10.8. The number of methoxy groups -OCH3 is 1. The molecule has 0 radical (unpaired) electrons. The average molecular weight is 228 g/mol. The van der Waals surface area contributed by atoms with Gasteiger partial charge in [-0.25, -0.2) is 4.98 Å². The Balaban J connectivity index is 2.49. The molecule has 0 atom stereocenters. The molecule has 7 heteroatoms. The third-order valence-electron chi connectivity index (χ3n) is 2.00. The van der Waals surface area contributed by atoms with E-state index in [1.54, 1.807) is 13.4 Å². The first-order valence-corrected chi connectivity index (χ1v) is 4.73. The van der Waals surface area contributed by atoms with E-state index in [4.69, 9.17) is 22.1 Å². The highest BCUT2D eigenvalue weighted by Gasteiger charge is 2.09. The van der Waals surface area contributed by atoms with Gasteiger partial charge in [-0.1, -0.05) is 0 Å². The van der Waals surface area contributed by atoms with Crippen molar-refractivity contribution in [2.24, 2.45) is 0 Å². The standard InChI is InChI=1S/C8H10ClN5O/c1-15-3-2-14-4-11-5-6(10)12-8(9)13-7(5)14/h4H,2-3H2,1H3,(H2,10,12,13). The fourth-order valence-electron chi connectivity index (χ4n) is 1.29. The monoisotopic (exact) mass is 227 g/mol. The maximum absolute atomic E-state index is 5.71. The van der Waals surface area contributed by atoms with E-state index < -0.39 is 0 Å². The SMILES string of the molecule is COCCn1cnc2c(N)nc(Cl)nc21. The molecule has 0 unspecified atom stereocenters. The van der Waals surface area contributed by atoms with Crippen molar-refractivity contribution in [2.45, 2.75) is 6.54 Å². The van der Waals surface area contributed by atoms with Crippen LogP contribution in [0.3, 0.4) is 0 Å². The number of nitrogen functional groups attached to an aromatic ring is 1. The molecular formula is C8H10ClN5O. The van der Waals surface area contributed by atoms with Gasteiger partial charge in [0.05, 0.1) is 12.9 Å². The van der Waals surface area contributed by atoms with E-state index in [0.717, 1.165) is 0 Å². The molecule has 2 N–H and O–H groups in total. The fourth-order valence-corrected chi connectivity index (χ4v) is 1.46. The second-order valence-corrected chi connectivity index (χ2v) is 3.32. The lowest BCUT2D eigenvalue weighted by Crippen LogP contribution is -2.04. The Morgan fingerprint density at radius 2 is 2.33 bits per heavy atom. The van der Waals surface area contributed by atoms with Gasteiger partial charge in [0.25, 0.3) is 0 Å². The summed E-state index contributed by atoms with van der Waals surface area (Å²) in [7, 11) is 1.63. The van der Waals surface area contributed by atoms with Gasteiger partial charge in [0.15, 0.2) is 11.5 Å². The highest BCUT2D eigenvalue weighted by Crippen LogP contribution is 2.17. The molecule has 2 heterocycles. The van der Waals surface area contributed by atoms with Crippen LogP contribution in [0.1, 0.15) is 0 Å². The van der Waals surface area contributed by atoms with Crippen LogP contribution in [0.25, 0.3) is 11.2 Å². The Bertz CT molecular complexity index is 483. The third-order valence-corrected chi connectivity index (χ3v) is 2.17. The molecule has 0 aliphatic carbocycles. The molecule has 0 spiro atoms. The molecule has 0 aliphatic heterocycles. The molecule has 0 amide bonds.